The first-order valence-corrected chi connectivity index (χ1v) is 11.7. The van der Waals surface area contributed by atoms with Gasteiger partial charge in [0.05, 0.1) is 24.7 Å². The Bertz CT molecular complexity index is 1550. The highest BCUT2D eigenvalue weighted by Crippen LogP contribution is 2.35. The number of ether oxygens (including phenoxy) is 1. The third-order valence-corrected chi connectivity index (χ3v) is 6.33. The molecule has 0 saturated carbocycles. The molecule has 0 spiro atoms. The molecule has 0 bridgehead atoms. The fraction of sp³-hybridized carbons (Fsp3) is 0.231. The molecule has 180 valence electrons. The zero-order valence-corrected chi connectivity index (χ0v) is 19.8. The van der Waals surface area contributed by atoms with Crippen LogP contribution in [0.3, 0.4) is 0 Å². The van der Waals surface area contributed by atoms with E-state index in [1.165, 1.54) is 6.07 Å². The fourth-order valence-electron chi connectivity index (χ4n) is 4.60. The molecule has 1 atom stereocenters. The molecule has 0 unspecified atom stereocenters. The number of halogens is 1. The summed E-state index contributed by atoms with van der Waals surface area (Å²) in [6, 6.07) is 10.6. The molecule has 1 aromatic carbocycles. The van der Waals surface area contributed by atoms with Crippen molar-refractivity contribution >= 4 is 0 Å². The van der Waals surface area contributed by atoms with Crippen LogP contribution in [0, 0.1) is 12.7 Å². The number of nitrogens with zero attached hydrogens (tertiary/aromatic N) is 8. The molecular weight excluding hydrogens is 459 g/mol. The van der Waals surface area contributed by atoms with Gasteiger partial charge in [0.15, 0.2) is 11.6 Å². The lowest BCUT2D eigenvalue weighted by molar-refractivity contribution is 0.396. The van der Waals surface area contributed by atoms with Crippen LogP contribution in [0.2, 0.25) is 0 Å². The molecule has 4 aromatic heterocycles. The molecule has 0 saturated heterocycles. The van der Waals surface area contributed by atoms with Crippen LogP contribution in [-0.2, 0) is 6.54 Å². The van der Waals surface area contributed by atoms with Gasteiger partial charge in [-0.1, -0.05) is 6.07 Å². The van der Waals surface area contributed by atoms with Crippen molar-refractivity contribution in [3.05, 3.63) is 84.2 Å². The summed E-state index contributed by atoms with van der Waals surface area (Å²) in [4.78, 5) is 22.3. The number of pyridine rings is 1. The van der Waals surface area contributed by atoms with Crippen LogP contribution < -0.4 is 4.74 Å². The largest absolute Gasteiger partial charge is 0.479 e. The maximum atomic E-state index is 14.6. The summed E-state index contributed by atoms with van der Waals surface area (Å²) in [5.41, 5.74) is 3.63. The average molecular weight is 483 g/mol. The van der Waals surface area contributed by atoms with Gasteiger partial charge in [0.2, 0.25) is 5.88 Å². The van der Waals surface area contributed by atoms with Crippen molar-refractivity contribution in [2.75, 3.05) is 7.11 Å². The number of methoxy groups -OCH3 is 1. The highest BCUT2D eigenvalue weighted by atomic mass is 19.1. The van der Waals surface area contributed by atoms with Crippen LogP contribution in [-0.4, -0.2) is 46.4 Å². The minimum absolute atomic E-state index is 0.0295. The monoisotopic (exact) mass is 482 g/mol. The van der Waals surface area contributed by atoms with Crippen molar-refractivity contribution in [3.8, 4) is 34.5 Å². The number of aryl methyl sites for hydroxylation is 2. The summed E-state index contributed by atoms with van der Waals surface area (Å²) in [6.45, 7) is 2.69. The Labute approximate surface area is 206 Å². The first-order valence-electron chi connectivity index (χ1n) is 11.7. The SMILES string of the molecule is COc1nc(-c2nc3n(n2)CCC[C@H]3c2ccc(F)c(-c3ncccn3)c2)ccc1-n1cnc(C)c1. The second kappa shape index (κ2) is 8.95. The van der Waals surface area contributed by atoms with Crippen molar-refractivity contribution in [2.45, 2.75) is 32.2 Å². The Morgan fingerprint density at radius 3 is 2.67 bits per heavy atom. The minimum atomic E-state index is -0.354. The molecule has 0 amide bonds. The van der Waals surface area contributed by atoms with E-state index in [1.807, 2.05) is 40.6 Å². The Morgan fingerprint density at radius 2 is 1.89 bits per heavy atom. The first-order chi connectivity index (χ1) is 17.6. The standard InChI is InChI=1S/C26H23FN8O/c1-16-14-34(15-30-16)22-9-8-21(31-26(22)36-2)24-32-25-18(5-3-12-35(25)33-24)17-6-7-20(27)19(13-17)23-28-10-4-11-29-23/h4,6-11,13-15,18H,3,5,12H2,1-2H3/t18-/m0/s1. The summed E-state index contributed by atoms with van der Waals surface area (Å²) >= 11 is 0. The number of hydrogen-bond donors (Lipinski definition) is 0. The lowest BCUT2D eigenvalue weighted by atomic mass is 9.90. The van der Waals surface area contributed by atoms with E-state index in [1.54, 1.807) is 38.0 Å². The summed E-state index contributed by atoms with van der Waals surface area (Å²) < 4.78 is 24.0. The highest BCUT2D eigenvalue weighted by molar-refractivity contribution is 5.58. The first kappa shape index (κ1) is 22.0. The number of benzene rings is 1. The van der Waals surface area contributed by atoms with Crippen molar-refractivity contribution in [2.24, 2.45) is 0 Å². The number of imidazole rings is 1. The number of rotatable bonds is 5. The molecule has 1 aliphatic rings. The van der Waals surface area contributed by atoms with Gasteiger partial charge in [-0.25, -0.2) is 34.0 Å². The minimum Gasteiger partial charge on any atom is -0.479 e. The predicted molar refractivity (Wildman–Crippen MR) is 130 cm³/mol. The summed E-state index contributed by atoms with van der Waals surface area (Å²) in [5, 5.41) is 4.75. The second-order valence-electron chi connectivity index (χ2n) is 8.67. The highest BCUT2D eigenvalue weighted by Gasteiger charge is 2.28. The van der Waals surface area contributed by atoms with Crippen molar-refractivity contribution in [1.29, 1.82) is 0 Å². The maximum Gasteiger partial charge on any atom is 0.238 e. The van der Waals surface area contributed by atoms with Gasteiger partial charge in [0, 0.05) is 31.1 Å². The van der Waals surface area contributed by atoms with Gasteiger partial charge in [-0.05, 0) is 55.7 Å². The van der Waals surface area contributed by atoms with Gasteiger partial charge >= 0.3 is 0 Å². The summed E-state index contributed by atoms with van der Waals surface area (Å²) in [7, 11) is 1.59. The van der Waals surface area contributed by atoms with Crippen molar-refractivity contribution < 1.29 is 9.13 Å². The van der Waals surface area contributed by atoms with Gasteiger partial charge in [-0.15, -0.1) is 5.10 Å². The van der Waals surface area contributed by atoms with Crippen LogP contribution in [0.1, 0.15) is 35.8 Å². The smallest absolute Gasteiger partial charge is 0.238 e. The van der Waals surface area contributed by atoms with E-state index in [9.17, 15) is 4.39 Å². The van der Waals surface area contributed by atoms with E-state index < -0.39 is 0 Å². The van der Waals surface area contributed by atoms with Gasteiger partial charge in [-0.2, -0.15) is 0 Å². The third kappa shape index (κ3) is 3.90. The normalized spacial score (nSPS) is 15.0. The molecule has 9 nitrogen and oxygen atoms in total. The van der Waals surface area contributed by atoms with Crippen LogP contribution >= 0.6 is 0 Å². The molecule has 10 heteroatoms. The van der Waals surface area contributed by atoms with Crippen LogP contribution in [0.25, 0.3) is 28.6 Å². The van der Waals surface area contributed by atoms with Crippen LogP contribution in [0.4, 0.5) is 4.39 Å². The zero-order valence-electron chi connectivity index (χ0n) is 19.8. The van der Waals surface area contributed by atoms with E-state index in [0.717, 1.165) is 42.2 Å². The molecule has 6 rings (SSSR count). The Morgan fingerprint density at radius 1 is 1.03 bits per heavy atom. The molecule has 5 aromatic rings. The van der Waals surface area contributed by atoms with Crippen molar-refractivity contribution in [3.63, 3.8) is 0 Å². The summed E-state index contributed by atoms with van der Waals surface area (Å²) in [6.07, 6.45) is 8.68. The Hall–Kier alpha value is -4.47. The molecule has 0 radical (unpaired) electrons. The molecule has 0 fully saturated rings. The predicted octanol–water partition coefficient (Wildman–Crippen LogP) is 4.36. The van der Waals surface area contributed by atoms with E-state index in [2.05, 4.69) is 19.9 Å². The van der Waals surface area contributed by atoms with Gasteiger partial charge < -0.3 is 9.30 Å². The number of fused-ring (bicyclic) bond motifs is 1. The number of aromatic nitrogens is 8. The lowest BCUT2D eigenvalue weighted by Gasteiger charge is -2.22. The van der Waals surface area contributed by atoms with Gasteiger partial charge in [0.25, 0.3) is 0 Å². The summed E-state index contributed by atoms with van der Waals surface area (Å²) in [5.74, 6) is 1.79. The lowest BCUT2D eigenvalue weighted by Crippen LogP contribution is -2.18. The Balaban J connectivity index is 1.37. The van der Waals surface area contributed by atoms with E-state index in [-0.39, 0.29) is 11.7 Å². The number of hydrogen-bond acceptors (Lipinski definition) is 7. The van der Waals surface area contributed by atoms with Crippen LogP contribution in [0.15, 0.2) is 61.3 Å². The van der Waals surface area contributed by atoms with Crippen molar-refractivity contribution in [1.82, 2.24) is 39.3 Å². The van der Waals surface area contributed by atoms with E-state index in [0.29, 0.717) is 28.8 Å². The molecule has 0 aliphatic carbocycles. The molecular formula is C26H23FN8O. The van der Waals surface area contributed by atoms with Gasteiger partial charge in [0.1, 0.15) is 23.0 Å². The van der Waals surface area contributed by atoms with E-state index >= 15 is 0 Å². The average Bonchev–Trinajstić information content (AvgIpc) is 3.55. The third-order valence-electron chi connectivity index (χ3n) is 6.33. The van der Waals surface area contributed by atoms with E-state index in [4.69, 9.17) is 14.8 Å². The molecule has 1 aliphatic heterocycles. The van der Waals surface area contributed by atoms with Crippen LogP contribution in [0.5, 0.6) is 5.88 Å². The maximum absolute atomic E-state index is 14.6. The molecule has 36 heavy (non-hydrogen) atoms. The fourth-order valence-corrected chi connectivity index (χ4v) is 4.60. The topological polar surface area (TPSA) is 96.4 Å². The second-order valence-corrected chi connectivity index (χ2v) is 8.67. The van der Waals surface area contributed by atoms with Gasteiger partial charge in [-0.3, -0.25) is 0 Å². The zero-order chi connectivity index (χ0) is 24.6. The molecule has 5 heterocycles. The molecule has 0 N–H and O–H groups in total. The Kier molecular flexibility index (Phi) is 5.48. The quantitative estimate of drug-likeness (QED) is 0.367.